The highest BCUT2D eigenvalue weighted by Gasteiger charge is 2.32. The molecule has 0 amide bonds. The Hall–Kier alpha value is -0.530. The SMILES string of the molecule is O=S(=O)(c1ccc(Br)c(F)c1)N1CC[C@H](F)C1. The molecule has 1 aromatic rings. The van der Waals surface area contributed by atoms with Gasteiger partial charge in [-0.2, -0.15) is 4.31 Å². The fraction of sp³-hybridized carbons (Fsp3) is 0.400. The van der Waals surface area contributed by atoms with Crippen LogP contribution in [0.3, 0.4) is 0 Å². The molecule has 0 aromatic heterocycles. The van der Waals surface area contributed by atoms with Crippen LogP contribution >= 0.6 is 15.9 Å². The van der Waals surface area contributed by atoms with Gasteiger partial charge in [-0.3, -0.25) is 0 Å². The fourth-order valence-corrected chi connectivity index (χ4v) is 3.43. The number of benzene rings is 1. The summed E-state index contributed by atoms with van der Waals surface area (Å²) in [5.74, 6) is -0.651. The van der Waals surface area contributed by atoms with Gasteiger partial charge in [-0.05, 0) is 40.5 Å². The maximum atomic E-state index is 13.3. The van der Waals surface area contributed by atoms with E-state index < -0.39 is 22.0 Å². The third kappa shape index (κ3) is 2.51. The van der Waals surface area contributed by atoms with Gasteiger partial charge in [-0.25, -0.2) is 17.2 Å². The summed E-state index contributed by atoms with van der Waals surface area (Å²) in [6.07, 6.45) is -0.941. The largest absolute Gasteiger partial charge is 0.246 e. The third-order valence-corrected chi connectivity index (χ3v) is 5.13. The first-order chi connectivity index (χ1) is 7.91. The van der Waals surface area contributed by atoms with Crippen molar-refractivity contribution in [2.75, 3.05) is 13.1 Å². The first-order valence-corrected chi connectivity index (χ1v) is 7.24. The Morgan fingerprint density at radius 3 is 2.65 bits per heavy atom. The van der Waals surface area contributed by atoms with E-state index in [4.69, 9.17) is 0 Å². The molecule has 0 bridgehead atoms. The molecule has 1 saturated heterocycles. The Morgan fingerprint density at radius 1 is 1.41 bits per heavy atom. The van der Waals surface area contributed by atoms with E-state index in [0.29, 0.717) is 0 Å². The molecule has 3 nitrogen and oxygen atoms in total. The molecule has 17 heavy (non-hydrogen) atoms. The van der Waals surface area contributed by atoms with Crippen LogP contribution in [0.25, 0.3) is 0 Å². The van der Waals surface area contributed by atoms with Crippen molar-refractivity contribution in [1.29, 1.82) is 0 Å². The van der Waals surface area contributed by atoms with Crippen LogP contribution in [0.2, 0.25) is 0 Å². The number of sulfonamides is 1. The minimum absolute atomic E-state index is 0.140. The average molecular weight is 326 g/mol. The number of rotatable bonds is 2. The molecule has 1 aromatic carbocycles. The minimum Gasteiger partial charge on any atom is -0.246 e. The topological polar surface area (TPSA) is 37.4 Å². The molecule has 2 rings (SSSR count). The predicted molar refractivity (Wildman–Crippen MR) is 62.4 cm³/mol. The summed E-state index contributed by atoms with van der Waals surface area (Å²) in [4.78, 5) is -0.146. The highest BCUT2D eigenvalue weighted by Crippen LogP contribution is 2.25. The van der Waals surface area contributed by atoms with Crippen LogP contribution in [0, 0.1) is 5.82 Å². The lowest BCUT2D eigenvalue weighted by Crippen LogP contribution is -2.29. The van der Waals surface area contributed by atoms with Gasteiger partial charge in [0.05, 0.1) is 9.37 Å². The van der Waals surface area contributed by atoms with Crippen molar-refractivity contribution in [3.63, 3.8) is 0 Å². The Balaban J connectivity index is 2.35. The molecule has 1 aliphatic heterocycles. The van der Waals surface area contributed by atoms with Crippen molar-refractivity contribution in [3.05, 3.63) is 28.5 Å². The van der Waals surface area contributed by atoms with Crippen molar-refractivity contribution in [2.24, 2.45) is 0 Å². The van der Waals surface area contributed by atoms with E-state index in [1.54, 1.807) is 0 Å². The predicted octanol–water partition coefficient (Wildman–Crippen LogP) is 2.32. The summed E-state index contributed by atoms with van der Waals surface area (Å²) in [5.41, 5.74) is 0. The quantitative estimate of drug-likeness (QED) is 0.836. The maximum Gasteiger partial charge on any atom is 0.243 e. The summed E-state index contributed by atoms with van der Waals surface area (Å²) in [5, 5.41) is 0. The van der Waals surface area contributed by atoms with Gasteiger partial charge in [0.15, 0.2) is 0 Å². The van der Waals surface area contributed by atoms with Crippen LogP contribution in [0.5, 0.6) is 0 Å². The lowest BCUT2D eigenvalue weighted by Gasteiger charge is -2.15. The fourth-order valence-electron chi connectivity index (χ4n) is 1.69. The van der Waals surface area contributed by atoms with E-state index in [1.807, 2.05) is 0 Å². The molecule has 0 radical (unpaired) electrons. The zero-order valence-corrected chi connectivity index (χ0v) is 11.1. The second kappa shape index (κ2) is 4.62. The van der Waals surface area contributed by atoms with E-state index >= 15 is 0 Å². The third-order valence-electron chi connectivity index (χ3n) is 2.62. The molecule has 7 heteroatoms. The highest BCUT2D eigenvalue weighted by atomic mass is 79.9. The van der Waals surface area contributed by atoms with Crippen LogP contribution < -0.4 is 0 Å². The van der Waals surface area contributed by atoms with Gasteiger partial charge >= 0.3 is 0 Å². The standard InChI is InChI=1S/C10H10BrF2NO2S/c11-9-2-1-8(5-10(9)13)17(15,16)14-4-3-7(12)6-14/h1-2,5,7H,3-4,6H2/t7-/m0/s1. The molecule has 94 valence electrons. The molecule has 1 aliphatic rings. The summed E-state index contributed by atoms with van der Waals surface area (Å²) in [6, 6.07) is 3.56. The minimum atomic E-state index is -3.78. The maximum absolute atomic E-state index is 13.3. The molecule has 0 aliphatic carbocycles. The average Bonchev–Trinajstić information content (AvgIpc) is 2.69. The van der Waals surface area contributed by atoms with Crippen molar-refractivity contribution in [3.8, 4) is 0 Å². The summed E-state index contributed by atoms with van der Waals surface area (Å²) >= 11 is 2.95. The summed E-state index contributed by atoms with van der Waals surface area (Å²) in [7, 11) is -3.78. The summed E-state index contributed by atoms with van der Waals surface area (Å²) < 4.78 is 51.5. The van der Waals surface area contributed by atoms with E-state index in [0.717, 1.165) is 10.4 Å². The second-order valence-electron chi connectivity index (χ2n) is 3.82. The molecular weight excluding hydrogens is 316 g/mol. The monoisotopic (exact) mass is 325 g/mol. The number of hydrogen-bond acceptors (Lipinski definition) is 2. The first kappa shape index (κ1) is 12.9. The van der Waals surface area contributed by atoms with Crippen molar-refractivity contribution < 1.29 is 17.2 Å². The van der Waals surface area contributed by atoms with Gasteiger partial charge < -0.3 is 0 Å². The second-order valence-corrected chi connectivity index (χ2v) is 6.62. The zero-order chi connectivity index (χ0) is 12.6. The molecule has 1 fully saturated rings. The molecule has 0 spiro atoms. The zero-order valence-electron chi connectivity index (χ0n) is 8.74. The van der Waals surface area contributed by atoms with Gasteiger partial charge in [0.1, 0.15) is 12.0 Å². The Bertz CT molecular complexity index is 535. The molecular formula is C10H10BrF2NO2S. The molecule has 1 heterocycles. The van der Waals surface area contributed by atoms with E-state index in [9.17, 15) is 17.2 Å². The summed E-state index contributed by atoms with van der Waals surface area (Å²) in [6.45, 7) is -0.0127. The lowest BCUT2D eigenvalue weighted by molar-refractivity contribution is 0.343. The highest BCUT2D eigenvalue weighted by molar-refractivity contribution is 9.10. The molecule has 0 N–H and O–H groups in total. The molecule has 1 atom stereocenters. The van der Waals surface area contributed by atoms with Crippen molar-refractivity contribution >= 4 is 26.0 Å². The van der Waals surface area contributed by atoms with Crippen LogP contribution in [0.1, 0.15) is 6.42 Å². The van der Waals surface area contributed by atoms with Gasteiger partial charge in [-0.1, -0.05) is 0 Å². The Kier molecular flexibility index (Phi) is 3.51. The van der Waals surface area contributed by atoms with Crippen molar-refractivity contribution in [1.82, 2.24) is 4.31 Å². The van der Waals surface area contributed by atoms with Gasteiger partial charge in [0.25, 0.3) is 0 Å². The lowest BCUT2D eigenvalue weighted by atomic mass is 10.3. The Labute approximate surface area is 107 Å². The Morgan fingerprint density at radius 2 is 2.12 bits per heavy atom. The molecule has 0 unspecified atom stereocenters. The first-order valence-electron chi connectivity index (χ1n) is 5.00. The van der Waals surface area contributed by atoms with Crippen LogP contribution in [-0.4, -0.2) is 32.0 Å². The van der Waals surface area contributed by atoms with Crippen LogP contribution in [0.15, 0.2) is 27.6 Å². The number of nitrogens with zero attached hydrogens (tertiary/aromatic N) is 1. The number of halogens is 3. The van der Waals surface area contributed by atoms with Gasteiger partial charge in [-0.15, -0.1) is 0 Å². The normalized spacial score (nSPS) is 21.9. The molecule has 0 saturated carbocycles. The van der Waals surface area contributed by atoms with E-state index in [2.05, 4.69) is 15.9 Å². The van der Waals surface area contributed by atoms with E-state index in [-0.39, 0.29) is 28.9 Å². The van der Waals surface area contributed by atoms with Gasteiger partial charge in [0.2, 0.25) is 10.0 Å². The smallest absolute Gasteiger partial charge is 0.243 e. The van der Waals surface area contributed by atoms with E-state index in [1.165, 1.54) is 12.1 Å². The van der Waals surface area contributed by atoms with Crippen LogP contribution in [-0.2, 0) is 10.0 Å². The van der Waals surface area contributed by atoms with Crippen molar-refractivity contribution in [2.45, 2.75) is 17.5 Å². The number of hydrogen-bond donors (Lipinski definition) is 0. The van der Waals surface area contributed by atoms with Gasteiger partial charge in [0, 0.05) is 13.1 Å². The van der Waals surface area contributed by atoms with Crippen LogP contribution in [0.4, 0.5) is 8.78 Å². The number of alkyl halides is 1.